The van der Waals surface area contributed by atoms with Gasteiger partial charge < -0.3 is 10.0 Å². The highest BCUT2D eigenvalue weighted by Gasteiger charge is 2.25. The van der Waals surface area contributed by atoms with Gasteiger partial charge in [-0.1, -0.05) is 18.2 Å². The summed E-state index contributed by atoms with van der Waals surface area (Å²) in [6.07, 6.45) is 1.42. The number of fused-ring (bicyclic) bond motifs is 1. The minimum Gasteiger partial charge on any atom is -0.481 e. The van der Waals surface area contributed by atoms with E-state index in [1.165, 1.54) is 5.56 Å². The third-order valence-corrected chi connectivity index (χ3v) is 5.52. The van der Waals surface area contributed by atoms with Crippen LogP contribution in [0.25, 0.3) is 5.69 Å². The zero-order valence-corrected chi connectivity index (χ0v) is 16.6. The molecule has 1 N–H and O–H groups in total. The van der Waals surface area contributed by atoms with Crippen molar-refractivity contribution in [3.8, 4) is 5.69 Å². The molecule has 0 saturated carbocycles. The number of aromatic nitrogens is 2. The van der Waals surface area contributed by atoms with Crippen LogP contribution in [0.2, 0.25) is 0 Å². The average Bonchev–Trinajstić information content (AvgIpc) is 3.27. The van der Waals surface area contributed by atoms with Gasteiger partial charge in [0.15, 0.2) is 0 Å². The second-order valence-corrected chi connectivity index (χ2v) is 7.34. The number of rotatable bonds is 5. The Kier molecular flexibility index (Phi) is 4.92. The van der Waals surface area contributed by atoms with Gasteiger partial charge in [0.05, 0.1) is 11.4 Å². The van der Waals surface area contributed by atoms with Crippen molar-refractivity contribution in [1.29, 1.82) is 0 Å². The van der Waals surface area contributed by atoms with Gasteiger partial charge in [-0.2, -0.15) is 5.10 Å². The highest BCUT2D eigenvalue weighted by Crippen LogP contribution is 2.29. The van der Waals surface area contributed by atoms with E-state index in [2.05, 4.69) is 11.2 Å². The maximum Gasteiger partial charge on any atom is 0.303 e. The normalized spacial score (nSPS) is 12.8. The number of para-hydroxylation sites is 1. The van der Waals surface area contributed by atoms with Crippen LogP contribution in [-0.2, 0) is 17.6 Å². The minimum atomic E-state index is -0.817. The van der Waals surface area contributed by atoms with Gasteiger partial charge in [0, 0.05) is 29.9 Å². The molecule has 0 radical (unpaired) electrons. The molecule has 0 fully saturated rings. The fourth-order valence-electron chi connectivity index (χ4n) is 3.97. The summed E-state index contributed by atoms with van der Waals surface area (Å²) in [5.41, 5.74) is 6.40. The molecule has 3 aromatic rings. The highest BCUT2D eigenvalue weighted by atomic mass is 16.4. The number of hydrogen-bond donors (Lipinski definition) is 1. The van der Waals surface area contributed by atoms with Gasteiger partial charge in [-0.15, -0.1) is 0 Å². The Balaban J connectivity index is 1.57. The number of aliphatic carboxylic acids is 1. The number of carboxylic acids is 1. The van der Waals surface area contributed by atoms with Crippen molar-refractivity contribution in [3.63, 3.8) is 0 Å². The van der Waals surface area contributed by atoms with Crippen LogP contribution in [0.1, 0.15) is 39.3 Å². The number of carbonyl (C=O) groups is 2. The molecule has 4 rings (SSSR count). The van der Waals surface area contributed by atoms with E-state index in [-0.39, 0.29) is 12.3 Å². The molecular weight excluding hydrogens is 366 g/mol. The van der Waals surface area contributed by atoms with Crippen molar-refractivity contribution in [1.82, 2.24) is 9.78 Å². The van der Waals surface area contributed by atoms with E-state index in [1.54, 1.807) is 0 Å². The first kappa shape index (κ1) is 18.9. The van der Waals surface area contributed by atoms with Crippen molar-refractivity contribution in [2.45, 2.75) is 33.1 Å². The summed E-state index contributed by atoms with van der Waals surface area (Å²) in [5.74, 6) is -0.820. The third-order valence-electron chi connectivity index (χ3n) is 5.52. The molecule has 0 aliphatic carbocycles. The number of hydrogen-bond acceptors (Lipinski definition) is 3. The van der Waals surface area contributed by atoms with E-state index in [4.69, 9.17) is 5.11 Å². The predicted octanol–water partition coefficient (Wildman–Crippen LogP) is 3.71. The molecule has 1 aliphatic heterocycles. The number of carboxylic acid groups (broad SMARTS) is 1. The van der Waals surface area contributed by atoms with E-state index in [0.29, 0.717) is 18.5 Å². The number of anilines is 1. The summed E-state index contributed by atoms with van der Waals surface area (Å²) in [5, 5.41) is 13.5. The van der Waals surface area contributed by atoms with Crippen LogP contribution in [0.15, 0.2) is 48.5 Å². The van der Waals surface area contributed by atoms with Crippen molar-refractivity contribution < 1.29 is 14.7 Å². The second kappa shape index (κ2) is 7.54. The molecule has 0 spiro atoms. The number of aryl methyl sites for hydroxylation is 1. The average molecular weight is 389 g/mol. The fourth-order valence-corrected chi connectivity index (χ4v) is 3.97. The van der Waals surface area contributed by atoms with Crippen molar-refractivity contribution >= 4 is 17.6 Å². The van der Waals surface area contributed by atoms with Crippen molar-refractivity contribution in [3.05, 3.63) is 76.6 Å². The summed E-state index contributed by atoms with van der Waals surface area (Å²) in [4.78, 5) is 25.7. The molecule has 6 heteroatoms. The lowest BCUT2D eigenvalue weighted by Gasteiger charge is -2.17. The Morgan fingerprint density at radius 1 is 1.07 bits per heavy atom. The van der Waals surface area contributed by atoms with Crippen molar-refractivity contribution in [2.24, 2.45) is 0 Å². The number of amides is 1. The molecule has 6 nitrogen and oxygen atoms in total. The first-order chi connectivity index (χ1) is 14.0. The fraction of sp³-hybridized carbons (Fsp3) is 0.261. The Morgan fingerprint density at radius 3 is 2.52 bits per heavy atom. The summed E-state index contributed by atoms with van der Waals surface area (Å²) < 4.78 is 1.81. The Bertz CT molecular complexity index is 1080. The molecule has 2 aromatic carbocycles. The molecule has 1 aromatic heterocycles. The first-order valence-corrected chi connectivity index (χ1v) is 9.73. The summed E-state index contributed by atoms with van der Waals surface area (Å²) >= 11 is 0. The molecule has 0 bridgehead atoms. The zero-order valence-electron chi connectivity index (χ0n) is 16.6. The Hall–Kier alpha value is -3.41. The van der Waals surface area contributed by atoms with Crippen LogP contribution in [0.5, 0.6) is 0 Å². The lowest BCUT2D eigenvalue weighted by molar-refractivity contribution is -0.136. The van der Waals surface area contributed by atoms with Crippen LogP contribution in [0, 0.1) is 13.8 Å². The van der Waals surface area contributed by atoms with Gasteiger partial charge in [-0.05, 0) is 68.1 Å². The SMILES string of the molecule is Cc1nn(-c2ccc(C(=O)N3CCc4ccccc43)cc2)c(C)c1CCC(=O)O. The zero-order chi connectivity index (χ0) is 20.5. The van der Waals surface area contributed by atoms with E-state index in [0.717, 1.165) is 34.7 Å². The van der Waals surface area contributed by atoms with E-state index >= 15 is 0 Å². The summed E-state index contributed by atoms with van der Waals surface area (Å²) in [6.45, 7) is 4.53. The molecule has 2 heterocycles. The first-order valence-electron chi connectivity index (χ1n) is 9.73. The van der Waals surface area contributed by atoms with Crippen molar-refractivity contribution in [2.75, 3.05) is 11.4 Å². The number of carbonyl (C=O) groups excluding carboxylic acids is 1. The number of nitrogens with zero attached hydrogens (tertiary/aromatic N) is 3. The predicted molar refractivity (Wildman–Crippen MR) is 111 cm³/mol. The minimum absolute atomic E-state index is 0.00276. The molecule has 1 aliphatic rings. The van der Waals surface area contributed by atoms with Crippen LogP contribution >= 0.6 is 0 Å². The van der Waals surface area contributed by atoms with Gasteiger partial charge in [0.1, 0.15) is 0 Å². The Morgan fingerprint density at radius 2 is 1.79 bits per heavy atom. The van der Waals surface area contributed by atoms with Gasteiger partial charge in [-0.3, -0.25) is 9.59 Å². The van der Waals surface area contributed by atoms with Gasteiger partial charge in [-0.25, -0.2) is 4.68 Å². The summed E-state index contributed by atoms with van der Waals surface area (Å²) in [7, 11) is 0. The van der Waals surface area contributed by atoms with Gasteiger partial charge >= 0.3 is 5.97 Å². The lowest BCUT2D eigenvalue weighted by Crippen LogP contribution is -2.28. The van der Waals surface area contributed by atoms with E-state index < -0.39 is 5.97 Å². The van der Waals surface area contributed by atoms with Crippen LogP contribution in [0.3, 0.4) is 0 Å². The highest BCUT2D eigenvalue weighted by molar-refractivity contribution is 6.07. The molecule has 148 valence electrons. The topological polar surface area (TPSA) is 75.4 Å². The lowest BCUT2D eigenvalue weighted by atomic mass is 10.1. The number of benzene rings is 2. The maximum atomic E-state index is 13.0. The van der Waals surface area contributed by atoms with Gasteiger partial charge in [0.25, 0.3) is 5.91 Å². The quantitative estimate of drug-likeness (QED) is 0.722. The molecule has 29 heavy (non-hydrogen) atoms. The van der Waals surface area contributed by atoms with E-state index in [1.807, 2.05) is 65.9 Å². The molecule has 0 saturated heterocycles. The Labute approximate surface area is 169 Å². The smallest absolute Gasteiger partial charge is 0.303 e. The molecular formula is C23H23N3O3. The molecule has 1 amide bonds. The monoisotopic (exact) mass is 389 g/mol. The van der Waals surface area contributed by atoms with E-state index in [9.17, 15) is 9.59 Å². The van der Waals surface area contributed by atoms with Crippen LogP contribution in [0.4, 0.5) is 5.69 Å². The van der Waals surface area contributed by atoms with Gasteiger partial charge in [0.2, 0.25) is 0 Å². The standard InChI is InChI=1S/C23H23N3O3/c1-15-20(11-12-22(27)28)16(2)26(24-15)19-9-7-18(8-10-19)23(29)25-14-13-17-5-3-4-6-21(17)25/h3-10H,11-14H2,1-2H3,(H,27,28). The van der Waals surface area contributed by atoms with Crippen LogP contribution < -0.4 is 4.90 Å². The largest absolute Gasteiger partial charge is 0.481 e. The second-order valence-electron chi connectivity index (χ2n) is 7.34. The molecule has 0 unspecified atom stereocenters. The van der Waals surface area contributed by atoms with Crippen LogP contribution in [-0.4, -0.2) is 33.3 Å². The summed E-state index contributed by atoms with van der Waals surface area (Å²) in [6, 6.07) is 15.4. The molecule has 0 atom stereocenters. The third kappa shape index (κ3) is 3.53. The maximum absolute atomic E-state index is 13.0.